The molecule has 1 fully saturated rings. The predicted molar refractivity (Wildman–Crippen MR) is 83.8 cm³/mol. The number of aliphatic carboxylic acids is 1. The second-order valence-corrected chi connectivity index (χ2v) is 5.52. The number of carbonyl (C=O) groups excluding carboxylic acids is 1. The molecular weight excluding hydrogens is 338 g/mol. The van der Waals surface area contributed by atoms with Crippen molar-refractivity contribution in [1.29, 1.82) is 0 Å². The number of alkyl halides is 2. The Bertz CT molecular complexity index is 627. The van der Waals surface area contributed by atoms with Crippen LogP contribution in [0.5, 0.6) is 11.5 Å². The summed E-state index contributed by atoms with van der Waals surface area (Å²) in [6.45, 7) is -0.253. The normalized spacial score (nSPS) is 16.8. The van der Waals surface area contributed by atoms with E-state index < -0.39 is 18.5 Å². The van der Waals surface area contributed by atoms with E-state index >= 15 is 0 Å². The van der Waals surface area contributed by atoms with E-state index in [0.29, 0.717) is 18.5 Å². The van der Waals surface area contributed by atoms with Crippen LogP contribution in [0.25, 0.3) is 0 Å². The van der Waals surface area contributed by atoms with Gasteiger partial charge in [-0.3, -0.25) is 4.79 Å². The van der Waals surface area contributed by atoms with Crippen molar-refractivity contribution in [3.63, 3.8) is 0 Å². The van der Waals surface area contributed by atoms with E-state index in [9.17, 15) is 18.4 Å². The van der Waals surface area contributed by atoms with Gasteiger partial charge in [-0.25, -0.2) is 4.79 Å². The number of halogens is 2. The van der Waals surface area contributed by atoms with Crippen LogP contribution >= 0.6 is 0 Å². The number of rotatable bonds is 7. The molecule has 0 radical (unpaired) electrons. The van der Waals surface area contributed by atoms with Gasteiger partial charge < -0.3 is 24.8 Å². The number of likely N-dealkylation sites (tertiary alicyclic amines) is 1. The molecule has 1 saturated heterocycles. The fourth-order valence-corrected chi connectivity index (χ4v) is 2.56. The van der Waals surface area contributed by atoms with Crippen LogP contribution in [0.1, 0.15) is 18.9 Å². The first-order valence-electron chi connectivity index (χ1n) is 7.86. The number of hydrogen-bond acceptors (Lipinski definition) is 4. The van der Waals surface area contributed by atoms with Crippen LogP contribution in [0, 0.1) is 5.92 Å². The smallest absolute Gasteiger partial charge is 0.387 e. The van der Waals surface area contributed by atoms with Crippen LogP contribution in [0.2, 0.25) is 0 Å². The molecule has 25 heavy (non-hydrogen) atoms. The van der Waals surface area contributed by atoms with Crippen LogP contribution in [0.4, 0.5) is 13.6 Å². The van der Waals surface area contributed by atoms with E-state index in [1.807, 2.05) is 0 Å². The van der Waals surface area contributed by atoms with E-state index in [1.54, 1.807) is 13.0 Å². The van der Waals surface area contributed by atoms with Crippen molar-refractivity contribution in [2.45, 2.75) is 26.5 Å². The SMILES string of the molecule is CCOc1cc(CNC(=O)N2CCC(C(=O)O)C2)ccc1OC(F)F. The highest BCUT2D eigenvalue weighted by molar-refractivity contribution is 5.77. The summed E-state index contributed by atoms with van der Waals surface area (Å²) in [7, 11) is 0. The Morgan fingerprint density at radius 3 is 2.76 bits per heavy atom. The van der Waals surface area contributed by atoms with Crippen molar-refractivity contribution in [1.82, 2.24) is 10.2 Å². The van der Waals surface area contributed by atoms with Gasteiger partial charge in [-0.15, -0.1) is 0 Å². The Hall–Kier alpha value is -2.58. The number of carboxylic acid groups (broad SMARTS) is 1. The minimum absolute atomic E-state index is 0.0734. The largest absolute Gasteiger partial charge is 0.490 e. The Labute approximate surface area is 143 Å². The van der Waals surface area contributed by atoms with Crippen LogP contribution in [0.3, 0.4) is 0 Å². The molecule has 1 aromatic rings. The lowest BCUT2D eigenvalue weighted by Crippen LogP contribution is -2.38. The minimum Gasteiger partial charge on any atom is -0.490 e. The molecule has 1 aromatic carbocycles. The highest BCUT2D eigenvalue weighted by Crippen LogP contribution is 2.30. The average Bonchev–Trinajstić information content (AvgIpc) is 3.05. The molecule has 0 saturated carbocycles. The number of amides is 2. The van der Waals surface area contributed by atoms with Crippen LogP contribution < -0.4 is 14.8 Å². The first kappa shape index (κ1) is 18.8. The lowest BCUT2D eigenvalue weighted by atomic mass is 10.1. The Kier molecular flexibility index (Phi) is 6.37. The summed E-state index contributed by atoms with van der Waals surface area (Å²) < 4.78 is 34.4. The van der Waals surface area contributed by atoms with Gasteiger partial charge in [0.25, 0.3) is 0 Å². The fraction of sp³-hybridized carbons (Fsp3) is 0.500. The average molecular weight is 358 g/mol. The lowest BCUT2D eigenvalue weighted by molar-refractivity contribution is -0.141. The number of urea groups is 1. The summed E-state index contributed by atoms with van der Waals surface area (Å²) in [5, 5.41) is 11.6. The third-order valence-corrected chi connectivity index (χ3v) is 3.79. The molecule has 0 bridgehead atoms. The zero-order chi connectivity index (χ0) is 18.4. The standard InChI is InChI=1S/C16H20F2N2O5/c1-2-24-13-7-10(3-4-12(13)25-15(17)18)8-19-16(23)20-6-5-11(9-20)14(21)22/h3-4,7,11,15H,2,5-6,8-9H2,1H3,(H,19,23)(H,21,22). The number of carbonyl (C=O) groups is 2. The van der Waals surface area contributed by atoms with E-state index in [4.69, 9.17) is 9.84 Å². The van der Waals surface area contributed by atoms with E-state index in [-0.39, 0.29) is 37.2 Å². The topological polar surface area (TPSA) is 88.1 Å². The van der Waals surface area contributed by atoms with E-state index in [1.165, 1.54) is 17.0 Å². The highest BCUT2D eigenvalue weighted by Gasteiger charge is 2.30. The molecule has 2 N–H and O–H groups in total. The summed E-state index contributed by atoms with van der Waals surface area (Å²) >= 11 is 0. The van der Waals surface area contributed by atoms with Crippen LogP contribution in [-0.4, -0.2) is 48.3 Å². The van der Waals surface area contributed by atoms with Crippen molar-refractivity contribution in [3.05, 3.63) is 23.8 Å². The maximum absolute atomic E-state index is 12.4. The van der Waals surface area contributed by atoms with Gasteiger partial charge in [-0.05, 0) is 31.0 Å². The van der Waals surface area contributed by atoms with Gasteiger partial charge in [0.1, 0.15) is 0 Å². The minimum atomic E-state index is -2.96. The maximum atomic E-state index is 12.4. The van der Waals surface area contributed by atoms with Gasteiger partial charge in [-0.1, -0.05) is 6.07 Å². The summed E-state index contributed by atoms with van der Waals surface area (Å²) in [5.41, 5.74) is 0.646. The van der Waals surface area contributed by atoms with Crippen molar-refractivity contribution >= 4 is 12.0 Å². The van der Waals surface area contributed by atoms with Crippen LogP contribution in [0.15, 0.2) is 18.2 Å². The van der Waals surface area contributed by atoms with Crippen LogP contribution in [-0.2, 0) is 11.3 Å². The molecule has 2 amide bonds. The summed E-state index contributed by atoms with van der Waals surface area (Å²) in [5.74, 6) is -1.36. The third kappa shape index (κ3) is 5.20. The molecule has 9 heteroatoms. The summed E-state index contributed by atoms with van der Waals surface area (Å²) in [6.07, 6.45) is 0.427. The molecule has 138 valence electrons. The first-order chi connectivity index (χ1) is 11.9. The zero-order valence-electron chi connectivity index (χ0n) is 13.7. The quantitative estimate of drug-likeness (QED) is 0.781. The zero-order valence-corrected chi connectivity index (χ0v) is 13.7. The van der Waals surface area contributed by atoms with E-state index in [2.05, 4.69) is 10.1 Å². The molecule has 0 spiro atoms. The van der Waals surface area contributed by atoms with Crippen molar-refractivity contribution in [2.75, 3.05) is 19.7 Å². The van der Waals surface area contributed by atoms with Crippen molar-refractivity contribution in [2.24, 2.45) is 5.92 Å². The van der Waals surface area contributed by atoms with E-state index in [0.717, 1.165) is 0 Å². The Balaban J connectivity index is 1.95. The Morgan fingerprint density at radius 1 is 1.40 bits per heavy atom. The van der Waals surface area contributed by atoms with Gasteiger partial charge in [0, 0.05) is 19.6 Å². The fourth-order valence-electron chi connectivity index (χ4n) is 2.56. The predicted octanol–water partition coefficient (Wildman–Crippen LogP) is 2.30. The van der Waals surface area contributed by atoms with Crippen molar-refractivity contribution in [3.8, 4) is 11.5 Å². The highest BCUT2D eigenvalue weighted by atomic mass is 19.3. The maximum Gasteiger partial charge on any atom is 0.387 e. The lowest BCUT2D eigenvalue weighted by Gasteiger charge is -2.17. The molecule has 1 unspecified atom stereocenters. The number of benzene rings is 1. The number of carboxylic acids is 1. The second-order valence-electron chi connectivity index (χ2n) is 5.52. The molecule has 0 aliphatic carbocycles. The van der Waals surface area contributed by atoms with Gasteiger partial charge in [-0.2, -0.15) is 8.78 Å². The molecule has 1 aliphatic rings. The van der Waals surface area contributed by atoms with Gasteiger partial charge in [0.05, 0.1) is 12.5 Å². The third-order valence-electron chi connectivity index (χ3n) is 3.79. The number of nitrogens with one attached hydrogen (secondary N) is 1. The number of hydrogen-bond donors (Lipinski definition) is 2. The molecule has 2 rings (SSSR count). The Morgan fingerprint density at radius 2 is 2.16 bits per heavy atom. The monoisotopic (exact) mass is 358 g/mol. The van der Waals surface area contributed by atoms with Crippen molar-refractivity contribution < 1.29 is 33.0 Å². The molecule has 1 aliphatic heterocycles. The second kappa shape index (κ2) is 8.50. The molecular formula is C16H20F2N2O5. The van der Waals surface area contributed by atoms with Gasteiger partial charge >= 0.3 is 18.6 Å². The van der Waals surface area contributed by atoms with Gasteiger partial charge in [0.15, 0.2) is 11.5 Å². The first-order valence-corrected chi connectivity index (χ1v) is 7.86. The summed E-state index contributed by atoms with van der Waals surface area (Å²) in [6, 6.07) is 4.06. The number of ether oxygens (including phenoxy) is 2. The number of nitrogens with zero attached hydrogens (tertiary/aromatic N) is 1. The molecule has 1 heterocycles. The summed E-state index contributed by atoms with van der Waals surface area (Å²) in [4.78, 5) is 24.4. The molecule has 0 aromatic heterocycles. The van der Waals surface area contributed by atoms with Gasteiger partial charge in [0.2, 0.25) is 0 Å². The molecule has 1 atom stereocenters. The molecule has 7 nitrogen and oxygen atoms in total.